The average Bonchev–Trinajstić information content (AvgIpc) is 3.05. The molecule has 1 aromatic carbocycles. The molecule has 3 rings (SSSR count). The Labute approximate surface area is 109 Å². The normalized spacial score (nSPS) is 19.2. The molecule has 0 spiro atoms. The summed E-state index contributed by atoms with van der Waals surface area (Å²) < 4.78 is 6.33. The molecule has 0 bridgehead atoms. The second kappa shape index (κ2) is 5.04. The third kappa shape index (κ3) is 2.37. The van der Waals surface area contributed by atoms with Crippen molar-refractivity contribution in [3.8, 4) is 0 Å². The van der Waals surface area contributed by atoms with Crippen molar-refractivity contribution in [2.24, 2.45) is 5.92 Å². The van der Waals surface area contributed by atoms with Gasteiger partial charge in [0, 0.05) is 24.6 Å². The van der Waals surface area contributed by atoms with Crippen LogP contribution in [0.3, 0.4) is 0 Å². The number of hydrogen-bond acceptors (Lipinski definition) is 4. The lowest BCUT2D eigenvalue weighted by Crippen LogP contribution is -2.29. The molecule has 0 aliphatic carbocycles. The fraction of sp³-hybridized carbons (Fsp3) is 0.385. The highest BCUT2D eigenvalue weighted by atomic mass is 32.1. The van der Waals surface area contributed by atoms with Crippen LogP contribution >= 0.6 is 11.3 Å². The van der Waals surface area contributed by atoms with Gasteiger partial charge in [0.15, 0.2) is 0 Å². The standard InChI is InChI=1S/C13H14N2O2S/c16-13(14-6-9-3-4-17-7-9)10-1-2-11-12(5-10)18-8-15-11/h1-2,5,8-9H,3-4,6-7H2,(H,14,16). The number of nitrogens with zero attached hydrogens (tertiary/aromatic N) is 1. The Morgan fingerprint density at radius 2 is 2.50 bits per heavy atom. The highest BCUT2D eigenvalue weighted by Crippen LogP contribution is 2.19. The molecule has 2 aromatic rings. The number of rotatable bonds is 3. The first-order valence-electron chi connectivity index (χ1n) is 6.02. The summed E-state index contributed by atoms with van der Waals surface area (Å²) in [6.07, 6.45) is 1.04. The summed E-state index contributed by atoms with van der Waals surface area (Å²) >= 11 is 1.55. The highest BCUT2D eigenvalue weighted by molar-refractivity contribution is 7.16. The van der Waals surface area contributed by atoms with E-state index in [-0.39, 0.29) is 5.91 Å². The van der Waals surface area contributed by atoms with Crippen molar-refractivity contribution >= 4 is 27.5 Å². The summed E-state index contributed by atoms with van der Waals surface area (Å²) in [4.78, 5) is 16.2. The first-order valence-corrected chi connectivity index (χ1v) is 6.90. The summed E-state index contributed by atoms with van der Waals surface area (Å²) in [7, 11) is 0. The molecule has 1 aromatic heterocycles. The molecule has 4 nitrogen and oxygen atoms in total. The van der Waals surface area contributed by atoms with Crippen LogP contribution in [-0.4, -0.2) is 30.6 Å². The number of aromatic nitrogens is 1. The number of carbonyl (C=O) groups excluding carboxylic acids is 1. The van der Waals surface area contributed by atoms with E-state index in [9.17, 15) is 4.79 Å². The molecule has 1 fully saturated rings. The van der Waals surface area contributed by atoms with Crippen LogP contribution in [-0.2, 0) is 4.74 Å². The minimum atomic E-state index is -0.0165. The van der Waals surface area contributed by atoms with E-state index in [1.165, 1.54) is 0 Å². The minimum absolute atomic E-state index is 0.0165. The maximum Gasteiger partial charge on any atom is 0.251 e. The Morgan fingerprint density at radius 1 is 1.56 bits per heavy atom. The summed E-state index contributed by atoms with van der Waals surface area (Å²) in [5.41, 5.74) is 3.44. The third-order valence-electron chi connectivity index (χ3n) is 3.17. The van der Waals surface area contributed by atoms with Crippen molar-refractivity contribution in [3.63, 3.8) is 0 Å². The number of thiazole rings is 1. The van der Waals surface area contributed by atoms with Crippen molar-refractivity contribution in [1.82, 2.24) is 10.3 Å². The van der Waals surface area contributed by atoms with Gasteiger partial charge >= 0.3 is 0 Å². The van der Waals surface area contributed by atoms with Crippen LogP contribution in [0, 0.1) is 5.92 Å². The Morgan fingerprint density at radius 3 is 3.33 bits per heavy atom. The van der Waals surface area contributed by atoms with Gasteiger partial charge in [-0.2, -0.15) is 0 Å². The lowest BCUT2D eigenvalue weighted by molar-refractivity contribution is 0.0945. The first-order chi connectivity index (χ1) is 8.83. The van der Waals surface area contributed by atoms with Crippen molar-refractivity contribution < 1.29 is 9.53 Å². The van der Waals surface area contributed by atoms with Gasteiger partial charge in [0.1, 0.15) is 0 Å². The summed E-state index contributed by atoms with van der Waals surface area (Å²) in [5.74, 6) is 0.443. The number of carbonyl (C=O) groups is 1. The fourth-order valence-electron chi connectivity index (χ4n) is 2.08. The molecular weight excluding hydrogens is 248 g/mol. The van der Waals surface area contributed by atoms with Crippen molar-refractivity contribution in [2.45, 2.75) is 6.42 Å². The molecule has 1 saturated heterocycles. The van der Waals surface area contributed by atoms with E-state index in [1.807, 2.05) is 18.2 Å². The molecule has 5 heteroatoms. The van der Waals surface area contributed by atoms with E-state index >= 15 is 0 Å². The summed E-state index contributed by atoms with van der Waals surface area (Å²) in [6.45, 7) is 2.26. The second-order valence-electron chi connectivity index (χ2n) is 4.47. The van der Waals surface area contributed by atoms with Crippen LogP contribution in [0.2, 0.25) is 0 Å². The number of amides is 1. The van der Waals surface area contributed by atoms with E-state index in [1.54, 1.807) is 16.8 Å². The van der Waals surface area contributed by atoms with Gasteiger partial charge < -0.3 is 10.1 Å². The Kier molecular flexibility index (Phi) is 3.25. The van der Waals surface area contributed by atoms with Crippen LogP contribution in [0.4, 0.5) is 0 Å². The number of hydrogen-bond donors (Lipinski definition) is 1. The van der Waals surface area contributed by atoms with E-state index in [4.69, 9.17) is 4.74 Å². The number of benzene rings is 1. The van der Waals surface area contributed by atoms with E-state index in [2.05, 4.69) is 10.3 Å². The Bertz CT molecular complexity index is 561. The average molecular weight is 262 g/mol. The molecule has 0 radical (unpaired) electrons. The van der Waals surface area contributed by atoms with E-state index in [0.29, 0.717) is 18.0 Å². The minimum Gasteiger partial charge on any atom is -0.381 e. The van der Waals surface area contributed by atoms with E-state index in [0.717, 1.165) is 29.9 Å². The van der Waals surface area contributed by atoms with Gasteiger partial charge in [0.25, 0.3) is 5.91 Å². The zero-order valence-electron chi connectivity index (χ0n) is 9.89. The highest BCUT2D eigenvalue weighted by Gasteiger charge is 2.16. The molecule has 1 aliphatic heterocycles. The Hall–Kier alpha value is -1.46. The maximum absolute atomic E-state index is 12.0. The van der Waals surface area contributed by atoms with Crippen molar-refractivity contribution in [3.05, 3.63) is 29.3 Å². The van der Waals surface area contributed by atoms with Crippen LogP contribution in [0.1, 0.15) is 16.8 Å². The zero-order chi connectivity index (χ0) is 12.4. The third-order valence-corrected chi connectivity index (χ3v) is 3.96. The second-order valence-corrected chi connectivity index (χ2v) is 5.36. The molecule has 1 amide bonds. The molecule has 18 heavy (non-hydrogen) atoms. The van der Waals surface area contributed by atoms with Crippen LogP contribution in [0.25, 0.3) is 10.2 Å². The van der Waals surface area contributed by atoms with Gasteiger partial charge in [-0.1, -0.05) is 0 Å². The quantitative estimate of drug-likeness (QED) is 0.921. The fourth-order valence-corrected chi connectivity index (χ4v) is 2.80. The van der Waals surface area contributed by atoms with Gasteiger partial charge in [0.05, 0.1) is 22.3 Å². The molecule has 1 atom stereocenters. The number of ether oxygens (including phenoxy) is 1. The zero-order valence-corrected chi connectivity index (χ0v) is 10.7. The van der Waals surface area contributed by atoms with Crippen LogP contribution in [0.15, 0.2) is 23.7 Å². The van der Waals surface area contributed by atoms with Crippen LogP contribution < -0.4 is 5.32 Å². The first kappa shape index (κ1) is 11.6. The summed E-state index contributed by atoms with van der Waals surface area (Å²) in [5, 5.41) is 2.96. The van der Waals surface area contributed by atoms with Gasteiger partial charge in [-0.3, -0.25) is 4.79 Å². The van der Waals surface area contributed by atoms with Gasteiger partial charge in [-0.05, 0) is 24.6 Å². The van der Waals surface area contributed by atoms with Gasteiger partial charge in [-0.15, -0.1) is 11.3 Å². The molecular formula is C13H14N2O2S. The smallest absolute Gasteiger partial charge is 0.251 e. The van der Waals surface area contributed by atoms with Crippen molar-refractivity contribution in [1.29, 1.82) is 0 Å². The van der Waals surface area contributed by atoms with E-state index < -0.39 is 0 Å². The monoisotopic (exact) mass is 262 g/mol. The summed E-state index contributed by atoms with van der Waals surface area (Å²) in [6, 6.07) is 5.61. The SMILES string of the molecule is O=C(NCC1CCOC1)c1ccc2ncsc2c1. The number of fused-ring (bicyclic) bond motifs is 1. The molecule has 0 saturated carbocycles. The Balaban J connectivity index is 1.67. The van der Waals surface area contributed by atoms with Crippen molar-refractivity contribution in [2.75, 3.05) is 19.8 Å². The predicted octanol–water partition coefficient (Wildman–Crippen LogP) is 2.06. The molecule has 94 valence electrons. The molecule has 1 aliphatic rings. The van der Waals surface area contributed by atoms with Gasteiger partial charge in [-0.25, -0.2) is 4.98 Å². The molecule has 1 N–H and O–H groups in total. The lowest BCUT2D eigenvalue weighted by atomic mass is 10.1. The van der Waals surface area contributed by atoms with Crippen LogP contribution in [0.5, 0.6) is 0 Å². The predicted molar refractivity (Wildman–Crippen MR) is 70.9 cm³/mol. The molecule has 2 heterocycles. The van der Waals surface area contributed by atoms with Gasteiger partial charge in [0.2, 0.25) is 0 Å². The maximum atomic E-state index is 12.0. The number of nitrogens with one attached hydrogen (secondary N) is 1. The largest absolute Gasteiger partial charge is 0.381 e. The lowest BCUT2D eigenvalue weighted by Gasteiger charge is -2.09. The topological polar surface area (TPSA) is 51.2 Å². The molecule has 1 unspecified atom stereocenters.